The van der Waals surface area contributed by atoms with Crippen molar-refractivity contribution in [2.24, 2.45) is 0 Å². The Balaban J connectivity index is 0.00000192. The minimum atomic E-state index is -0.488. The normalized spacial score (nSPS) is 24.8. The van der Waals surface area contributed by atoms with Crippen LogP contribution in [-0.4, -0.2) is 37.5 Å². The number of rotatable bonds is 3. The van der Waals surface area contributed by atoms with Gasteiger partial charge in [0.15, 0.2) is 0 Å². The molecule has 1 unspecified atom stereocenters. The van der Waals surface area contributed by atoms with E-state index in [2.05, 4.69) is 21.3 Å². The second-order valence-corrected chi connectivity index (χ2v) is 5.58. The maximum Gasteiger partial charge on any atom is 0.249 e. The van der Waals surface area contributed by atoms with Gasteiger partial charge in [0.2, 0.25) is 11.8 Å². The van der Waals surface area contributed by atoms with E-state index in [9.17, 15) is 14.0 Å². The molecule has 8 heteroatoms. The van der Waals surface area contributed by atoms with Gasteiger partial charge in [0.05, 0.1) is 12.2 Å². The van der Waals surface area contributed by atoms with Crippen LogP contribution in [0.4, 0.5) is 4.39 Å². The van der Waals surface area contributed by atoms with Gasteiger partial charge in [-0.1, -0.05) is 6.08 Å². The minimum Gasteiger partial charge on any atom is -0.377 e. The van der Waals surface area contributed by atoms with Gasteiger partial charge in [0.25, 0.3) is 0 Å². The van der Waals surface area contributed by atoms with E-state index in [1.165, 1.54) is 6.08 Å². The van der Waals surface area contributed by atoms with Crippen LogP contribution in [-0.2, 0) is 9.59 Å². The number of dihydropyridines is 1. The van der Waals surface area contributed by atoms with Crippen molar-refractivity contribution in [1.29, 1.82) is 0 Å². The van der Waals surface area contributed by atoms with Gasteiger partial charge in [-0.05, 0) is 31.0 Å². The SMILES string of the molecule is Cl.O=C1CCC(NC2=CC(F)=C(C3=CCNCC3)NC2)C(=O)N1. The molecule has 1 saturated heterocycles. The summed E-state index contributed by atoms with van der Waals surface area (Å²) in [6.45, 7) is 2.03. The molecule has 0 aromatic carbocycles. The Bertz CT molecular complexity index is 600. The first-order valence-corrected chi connectivity index (χ1v) is 7.48. The summed E-state index contributed by atoms with van der Waals surface area (Å²) in [6, 6.07) is -0.488. The summed E-state index contributed by atoms with van der Waals surface area (Å²) >= 11 is 0. The van der Waals surface area contributed by atoms with Crippen LogP contribution in [0, 0.1) is 0 Å². The number of piperidine rings is 1. The Morgan fingerprint density at radius 1 is 1.26 bits per heavy atom. The van der Waals surface area contributed by atoms with Crippen LogP contribution >= 0.6 is 12.4 Å². The van der Waals surface area contributed by atoms with Crippen LogP contribution < -0.4 is 21.3 Å². The Morgan fingerprint density at radius 3 is 2.74 bits per heavy atom. The zero-order valence-electron chi connectivity index (χ0n) is 12.6. The number of carbonyl (C=O) groups is 2. The third-order valence-electron chi connectivity index (χ3n) is 3.98. The lowest BCUT2D eigenvalue weighted by atomic mass is 10.0. The zero-order valence-corrected chi connectivity index (χ0v) is 13.4. The Morgan fingerprint density at radius 2 is 2.09 bits per heavy atom. The van der Waals surface area contributed by atoms with E-state index < -0.39 is 6.04 Å². The molecule has 0 aliphatic carbocycles. The van der Waals surface area contributed by atoms with E-state index in [0.717, 1.165) is 25.1 Å². The smallest absolute Gasteiger partial charge is 0.249 e. The molecule has 0 aromatic rings. The van der Waals surface area contributed by atoms with Gasteiger partial charge < -0.3 is 16.0 Å². The summed E-state index contributed by atoms with van der Waals surface area (Å²) in [4.78, 5) is 22.8. The summed E-state index contributed by atoms with van der Waals surface area (Å²) in [5.74, 6) is -0.937. The predicted octanol–water partition coefficient (Wildman–Crippen LogP) is 0.391. The zero-order chi connectivity index (χ0) is 15.5. The predicted molar refractivity (Wildman–Crippen MR) is 86.3 cm³/mol. The van der Waals surface area contributed by atoms with Gasteiger partial charge >= 0.3 is 0 Å². The molecule has 0 spiro atoms. The van der Waals surface area contributed by atoms with Gasteiger partial charge in [0.1, 0.15) is 11.9 Å². The topological polar surface area (TPSA) is 82.3 Å². The third kappa shape index (κ3) is 4.11. The van der Waals surface area contributed by atoms with Crippen LogP contribution in [0.3, 0.4) is 0 Å². The fourth-order valence-corrected chi connectivity index (χ4v) is 2.81. The van der Waals surface area contributed by atoms with Crippen LogP contribution in [0.25, 0.3) is 0 Å². The maximum atomic E-state index is 14.3. The first-order chi connectivity index (χ1) is 10.6. The molecule has 2 amide bonds. The molecule has 3 aliphatic heterocycles. The lowest BCUT2D eigenvalue weighted by Crippen LogP contribution is -2.51. The Labute approximate surface area is 140 Å². The van der Waals surface area contributed by atoms with Gasteiger partial charge in [-0.25, -0.2) is 4.39 Å². The number of hydrogen-bond acceptors (Lipinski definition) is 5. The average molecular weight is 343 g/mol. The number of allylic oxidation sites excluding steroid dienone is 3. The number of hydrogen-bond donors (Lipinski definition) is 4. The molecule has 0 saturated carbocycles. The molecule has 1 atom stereocenters. The van der Waals surface area contributed by atoms with Crippen molar-refractivity contribution >= 4 is 24.2 Å². The molecule has 3 heterocycles. The van der Waals surface area contributed by atoms with Crippen LogP contribution in [0.1, 0.15) is 19.3 Å². The van der Waals surface area contributed by atoms with Crippen LogP contribution in [0.5, 0.6) is 0 Å². The summed E-state index contributed by atoms with van der Waals surface area (Å²) in [5.41, 5.74) is 2.13. The van der Waals surface area contributed by atoms with Crippen molar-refractivity contribution in [3.05, 3.63) is 34.9 Å². The molecule has 6 nitrogen and oxygen atoms in total. The minimum absolute atomic E-state index is 0. The van der Waals surface area contributed by atoms with Gasteiger partial charge in [-0.3, -0.25) is 14.9 Å². The van der Waals surface area contributed by atoms with Crippen molar-refractivity contribution in [3.63, 3.8) is 0 Å². The van der Waals surface area contributed by atoms with Crippen molar-refractivity contribution in [2.45, 2.75) is 25.3 Å². The van der Waals surface area contributed by atoms with Crippen LogP contribution in [0.2, 0.25) is 0 Å². The number of amides is 2. The maximum absolute atomic E-state index is 14.3. The average Bonchev–Trinajstić information content (AvgIpc) is 2.51. The second-order valence-electron chi connectivity index (χ2n) is 5.58. The van der Waals surface area contributed by atoms with Crippen molar-refractivity contribution in [1.82, 2.24) is 21.3 Å². The van der Waals surface area contributed by atoms with E-state index in [4.69, 9.17) is 0 Å². The summed E-state index contributed by atoms with van der Waals surface area (Å²) in [5, 5.41) is 11.6. The van der Waals surface area contributed by atoms with Gasteiger partial charge in [-0.15, -0.1) is 12.4 Å². The van der Waals surface area contributed by atoms with E-state index in [-0.39, 0.29) is 30.0 Å². The molecule has 4 N–H and O–H groups in total. The van der Waals surface area contributed by atoms with Gasteiger partial charge in [-0.2, -0.15) is 0 Å². The number of imide groups is 1. The third-order valence-corrected chi connectivity index (χ3v) is 3.98. The van der Waals surface area contributed by atoms with E-state index in [1.54, 1.807) is 0 Å². The standard InChI is InChI=1S/C15H19FN4O2.ClH/c16-11-7-10(19-12-1-2-13(21)20-15(12)22)8-18-14(11)9-3-5-17-6-4-9;/h3,7,12,17-19H,1-2,4-6,8H2,(H,20,21,22);1H. The molecule has 0 aromatic heterocycles. The lowest BCUT2D eigenvalue weighted by molar-refractivity contribution is -0.134. The highest BCUT2D eigenvalue weighted by Gasteiger charge is 2.27. The van der Waals surface area contributed by atoms with Crippen molar-refractivity contribution in [2.75, 3.05) is 19.6 Å². The molecule has 23 heavy (non-hydrogen) atoms. The highest BCUT2D eigenvalue weighted by molar-refractivity contribution is 6.00. The second kappa shape index (κ2) is 7.61. The van der Waals surface area contributed by atoms with Gasteiger partial charge in [0, 0.05) is 18.7 Å². The molecule has 0 bridgehead atoms. The molecular weight excluding hydrogens is 323 g/mol. The molecule has 126 valence electrons. The molecule has 1 fully saturated rings. The Hall–Kier alpha value is -1.86. The highest BCUT2D eigenvalue weighted by Crippen LogP contribution is 2.23. The fraction of sp³-hybridized carbons (Fsp3) is 0.467. The number of halogens is 2. The highest BCUT2D eigenvalue weighted by atomic mass is 35.5. The molecule has 0 radical (unpaired) electrons. The molecule has 3 rings (SSSR count). The monoisotopic (exact) mass is 342 g/mol. The summed E-state index contributed by atoms with van der Waals surface area (Å²) in [6.07, 6.45) is 4.93. The Kier molecular flexibility index (Phi) is 5.79. The van der Waals surface area contributed by atoms with Crippen molar-refractivity contribution < 1.29 is 14.0 Å². The quantitative estimate of drug-likeness (QED) is 0.558. The lowest BCUT2D eigenvalue weighted by Gasteiger charge is -2.27. The first-order valence-electron chi connectivity index (χ1n) is 7.48. The van der Waals surface area contributed by atoms with Crippen molar-refractivity contribution in [3.8, 4) is 0 Å². The number of nitrogens with one attached hydrogen (secondary N) is 4. The fourth-order valence-electron chi connectivity index (χ4n) is 2.81. The molecular formula is C15H20ClFN4O2. The van der Waals surface area contributed by atoms with E-state index >= 15 is 0 Å². The summed E-state index contributed by atoms with van der Waals surface area (Å²) < 4.78 is 14.3. The molecule has 3 aliphatic rings. The van der Waals surface area contributed by atoms with Crippen LogP contribution in [0.15, 0.2) is 34.9 Å². The number of carbonyl (C=O) groups excluding carboxylic acids is 2. The first kappa shape index (κ1) is 17.5. The largest absolute Gasteiger partial charge is 0.377 e. The van der Waals surface area contributed by atoms with E-state index in [1.807, 2.05) is 6.08 Å². The summed E-state index contributed by atoms with van der Waals surface area (Å²) in [7, 11) is 0. The van der Waals surface area contributed by atoms with E-state index in [0.29, 0.717) is 30.8 Å².